The topological polar surface area (TPSA) is 52.6 Å². The second-order valence-corrected chi connectivity index (χ2v) is 7.45. The molecule has 2 aromatic rings. The third-order valence-corrected chi connectivity index (χ3v) is 5.01. The lowest BCUT2D eigenvalue weighted by molar-refractivity contribution is 0.0439. The molecule has 1 unspecified atom stereocenters. The number of rotatable bonds is 9. The van der Waals surface area contributed by atoms with Crippen molar-refractivity contribution in [2.45, 2.75) is 44.3 Å². The van der Waals surface area contributed by atoms with Crippen molar-refractivity contribution in [2.75, 3.05) is 6.61 Å². The van der Waals surface area contributed by atoms with E-state index in [0.717, 1.165) is 17.5 Å². The van der Waals surface area contributed by atoms with E-state index in [4.69, 9.17) is 8.92 Å². The van der Waals surface area contributed by atoms with Crippen LogP contribution in [0.2, 0.25) is 0 Å². The Morgan fingerprint density at radius 1 is 1.00 bits per heavy atom. The molecule has 1 atom stereocenters. The van der Waals surface area contributed by atoms with E-state index >= 15 is 0 Å². The third-order valence-electron chi connectivity index (χ3n) is 3.68. The van der Waals surface area contributed by atoms with Crippen molar-refractivity contribution in [1.82, 2.24) is 0 Å². The van der Waals surface area contributed by atoms with Crippen LogP contribution >= 0.6 is 0 Å². The normalized spacial score (nSPS) is 12.9. The second kappa shape index (κ2) is 8.97. The largest absolute Gasteiger partial charge is 0.374 e. The molecule has 0 N–H and O–H groups in total. The second-order valence-electron chi connectivity index (χ2n) is 5.84. The van der Waals surface area contributed by atoms with E-state index in [-0.39, 0.29) is 17.6 Å². The Bertz CT molecular complexity index is 709. The summed E-state index contributed by atoms with van der Waals surface area (Å²) in [5, 5.41) is 0. The summed E-state index contributed by atoms with van der Waals surface area (Å²) in [4.78, 5) is 0.196. The van der Waals surface area contributed by atoms with Crippen LogP contribution in [-0.2, 0) is 25.6 Å². The molecule has 130 valence electrons. The zero-order valence-corrected chi connectivity index (χ0v) is 15.0. The maximum Gasteiger partial charge on any atom is 0.296 e. The maximum atomic E-state index is 12.0. The van der Waals surface area contributed by atoms with Gasteiger partial charge in [0, 0.05) is 0 Å². The van der Waals surface area contributed by atoms with E-state index in [1.54, 1.807) is 24.3 Å². The van der Waals surface area contributed by atoms with Gasteiger partial charge in [0.2, 0.25) is 0 Å². The van der Waals surface area contributed by atoms with Crippen LogP contribution in [0.15, 0.2) is 59.5 Å². The lowest BCUT2D eigenvalue weighted by Crippen LogP contribution is -2.12. The minimum absolute atomic E-state index is 0.0517. The molecule has 2 aromatic carbocycles. The Morgan fingerprint density at radius 2 is 1.67 bits per heavy atom. The molecule has 0 aliphatic heterocycles. The number of hydrogen-bond acceptors (Lipinski definition) is 4. The van der Waals surface area contributed by atoms with Gasteiger partial charge in [0.25, 0.3) is 10.1 Å². The molecule has 0 saturated carbocycles. The van der Waals surface area contributed by atoms with Gasteiger partial charge in [0.15, 0.2) is 0 Å². The zero-order valence-electron chi connectivity index (χ0n) is 14.1. The molecule has 0 bridgehead atoms. The highest BCUT2D eigenvalue weighted by atomic mass is 32.2. The number of aryl methyl sites for hydroxylation is 1. The van der Waals surface area contributed by atoms with Gasteiger partial charge in [-0.25, -0.2) is 0 Å². The average Bonchev–Trinajstić information content (AvgIpc) is 2.58. The first-order valence-corrected chi connectivity index (χ1v) is 9.50. The van der Waals surface area contributed by atoms with Crippen molar-refractivity contribution in [3.05, 3.63) is 65.7 Å². The zero-order chi connectivity index (χ0) is 17.4. The summed E-state index contributed by atoms with van der Waals surface area (Å²) in [7, 11) is -3.67. The van der Waals surface area contributed by atoms with Crippen LogP contribution in [0.4, 0.5) is 0 Å². The van der Waals surface area contributed by atoms with Crippen LogP contribution in [0, 0.1) is 6.92 Å². The van der Waals surface area contributed by atoms with Gasteiger partial charge in [-0.1, -0.05) is 48.0 Å². The molecule has 0 amide bonds. The molecule has 2 rings (SSSR count). The summed E-state index contributed by atoms with van der Waals surface area (Å²) in [6.45, 7) is 4.62. The van der Waals surface area contributed by atoms with Gasteiger partial charge in [-0.2, -0.15) is 8.42 Å². The van der Waals surface area contributed by atoms with Crippen molar-refractivity contribution >= 4 is 10.1 Å². The van der Waals surface area contributed by atoms with Crippen LogP contribution in [0.3, 0.4) is 0 Å². The van der Waals surface area contributed by atoms with Gasteiger partial charge in [-0.05, 0) is 44.4 Å². The van der Waals surface area contributed by atoms with Gasteiger partial charge < -0.3 is 4.74 Å². The van der Waals surface area contributed by atoms with Crippen molar-refractivity contribution in [3.8, 4) is 0 Å². The van der Waals surface area contributed by atoms with E-state index in [0.29, 0.717) is 13.0 Å². The van der Waals surface area contributed by atoms with Crippen LogP contribution in [0.25, 0.3) is 0 Å². The molecular weight excluding hydrogens is 324 g/mol. The first-order valence-electron chi connectivity index (χ1n) is 8.09. The van der Waals surface area contributed by atoms with Gasteiger partial charge >= 0.3 is 0 Å². The quantitative estimate of drug-likeness (QED) is 0.506. The molecule has 0 radical (unpaired) electrons. The SMILES string of the molecule is Cc1ccc(S(=O)(=O)OCCCC(C)OCc2ccccc2)cc1. The lowest BCUT2D eigenvalue weighted by Gasteiger charge is -2.13. The van der Waals surface area contributed by atoms with E-state index in [1.807, 2.05) is 44.2 Å². The lowest BCUT2D eigenvalue weighted by atomic mass is 10.2. The Labute approximate surface area is 144 Å². The Kier molecular flexibility index (Phi) is 6.97. The summed E-state index contributed by atoms with van der Waals surface area (Å²) in [6, 6.07) is 16.6. The fourth-order valence-corrected chi connectivity index (χ4v) is 3.15. The molecule has 5 heteroatoms. The van der Waals surface area contributed by atoms with E-state index in [2.05, 4.69) is 0 Å². The third kappa shape index (κ3) is 6.07. The molecule has 0 spiro atoms. The fraction of sp³-hybridized carbons (Fsp3) is 0.368. The highest BCUT2D eigenvalue weighted by Gasteiger charge is 2.14. The highest BCUT2D eigenvalue weighted by Crippen LogP contribution is 2.14. The Balaban J connectivity index is 1.69. The fourth-order valence-electron chi connectivity index (χ4n) is 2.21. The van der Waals surface area contributed by atoms with E-state index in [1.165, 1.54) is 0 Å². The molecule has 0 aliphatic carbocycles. The standard InChI is InChI=1S/C19H24O4S/c1-16-10-12-19(13-11-16)24(20,21)23-14-6-7-17(2)22-15-18-8-4-3-5-9-18/h3-5,8-13,17H,6-7,14-15H2,1-2H3. The summed E-state index contributed by atoms with van der Waals surface area (Å²) in [5.74, 6) is 0. The summed E-state index contributed by atoms with van der Waals surface area (Å²) in [6.07, 6.45) is 1.42. The van der Waals surface area contributed by atoms with Gasteiger partial charge in [0.1, 0.15) is 0 Å². The van der Waals surface area contributed by atoms with Crippen LogP contribution in [-0.4, -0.2) is 21.1 Å². The summed E-state index contributed by atoms with van der Waals surface area (Å²) >= 11 is 0. The van der Waals surface area contributed by atoms with Gasteiger partial charge in [-0.15, -0.1) is 0 Å². The molecule has 0 aliphatic rings. The molecule has 4 nitrogen and oxygen atoms in total. The average molecular weight is 348 g/mol. The number of benzene rings is 2. The van der Waals surface area contributed by atoms with E-state index in [9.17, 15) is 8.42 Å². The van der Waals surface area contributed by atoms with Crippen molar-refractivity contribution < 1.29 is 17.3 Å². The molecular formula is C19H24O4S. The van der Waals surface area contributed by atoms with Crippen LogP contribution < -0.4 is 0 Å². The molecule has 0 saturated heterocycles. The monoisotopic (exact) mass is 348 g/mol. The van der Waals surface area contributed by atoms with Crippen molar-refractivity contribution in [1.29, 1.82) is 0 Å². The minimum atomic E-state index is -3.67. The van der Waals surface area contributed by atoms with Crippen molar-refractivity contribution in [2.24, 2.45) is 0 Å². The highest BCUT2D eigenvalue weighted by molar-refractivity contribution is 7.86. The molecule has 24 heavy (non-hydrogen) atoms. The predicted octanol–water partition coefficient (Wildman–Crippen LogP) is 4.09. The molecule has 0 aromatic heterocycles. The minimum Gasteiger partial charge on any atom is -0.374 e. The van der Waals surface area contributed by atoms with Crippen molar-refractivity contribution in [3.63, 3.8) is 0 Å². The number of ether oxygens (including phenoxy) is 1. The van der Waals surface area contributed by atoms with Gasteiger partial charge in [0.05, 0.1) is 24.2 Å². The summed E-state index contributed by atoms with van der Waals surface area (Å²) in [5.41, 5.74) is 2.14. The molecule has 0 heterocycles. The van der Waals surface area contributed by atoms with Crippen LogP contribution in [0.5, 0.6) is 0 Å². The Morgan fingerprint density at radius 3 is 2.33 bits per heavy atom. The van der Waals surface area contributed by atoms with E-state index < -0.39 is 10.1 Å². The smallest absolute Gasteiger partial charge is 0.296 e. The number of hydrogen-bond donors (Lipinski definition) is 0. The predicted molar refractivity (Wildman–Crippen MR) is 94.2 cm³/mol. The first-order chi connectivity index (χ1) is 11.5. The summed E-state index contributed by atoms with van der Waals surface area (Å²) < 4.78 is 34.9. The van der Waals surface area contributed by atoms with Gasteiger partial charge in [-0.3, -0.25) is 4.18 Å². The first kappa shape index (κ1) is 18.6. The molecule has 0 fully saturated rings. The maximum absolute atomic E-state index is 12.0. The Hall–Kier alpha value is -1.69. The van der Waals surface area contributed by atoms with Crippen LogP contribution in [0.1, 0.15) is 30.9 Å².